The van der Waals surface area contributed by atoms with Crippen LogP contribution in [0.25, 0.3) is 0 Å². The van der Waals surface area contributed by atoms with Gasteiger partial charge in [-0.15, -0.1) is 6.08 Å². The minimum Gasteiger partial charge on any atom is -0.303 e. The molecule has 2 unspecified atom stereocenters. The third kappa shape index (κ3) is 4.43. The minimum absolute atomic E-state index is 0.0828. The number of aldehydes is 2. The highest BCUT2D eigenvalue weighted by molar-refractivity contribution is 6.60. The second-order valence-corrected chi connectivity index (χ2v) is 9.38. The van der Waals surface area contributed by atoms with Crippen LogP contribution in [-0.4, -0.2) is 26.7 Å². The Balaban J connectivity index is 2.97. The molecule has 1 heterocycles. The molecular weight excluding hydrogens is 263 g/mol. The third-order valence-electron chi connectivity index (χ3n) is 4.78. The molecule has 1 aliphatic rings. The molecule has 1 fully saturated rings. The number of hydrogen-bond donors (Lipinski definition) is 0. The van der Waals surface area contributed by atoms with Gasteiger partial charge in [-0.1, -0.05) is 41.3 Å². The highest BCUT2D eigenvalue weighted by Gasteiger charge is 2.41. The molecule has 110 valence electrons. The molecular formula is C17H27AlO2. The maximum absolute atomic E-state index is 11.1. The molecule has 3 heteroatoms. The van der Waals surface area contributed by atoms with E-state index in [1.807, 2.05) is 6.92 Å². The van der Waals surface area contributed by atoms with Crippen LogP contribution in [0.2, 0.25) is 15.8 Å². The molecule has 0 N–H and O–H groups in total. The van der Waals surface area contributed by atoms with Gasteiger partial charge in [-0.25, -0.2) is 0 Å². The summed E-state index contributed by atoms with van der Waals surface area (Å²) in [6.07, 6.45) is 11.2. The maximum Gasteiger partial charge on any atom is 0.267 e. The van der Waals surface area contributed by atoms with E-state index in [2.05, 4.69) is 26.0 Å². The molecule has 1 saturated heterocycles. The van der Waals surface area contributed by atoms with Crippen molar-refractivity contribution in [1.29, 1.82) is 0 Å². The largest absolute Gasteiger partial charge is 0.303 e. The van der Waals surface area contributed by atoms with Gasteiger partial charge in [-0.3, -0.25) is 4.79 Å². The predicted octanol–water partition coefficient (Wildman–Crippen LogP) is 4.21. The van der Waals surface area contributed by atoms with Gasteiger partial charge in [0.05, 0.1) is 0 Å². The summed E-state index contributed by atoms with van der Waals surface area (Å²) < 4.78 is 0. The molecule has 0 saturated carbocycles. The lowest BCUT2D eigenvalue weighted by molar-refractivity contribution is -0.111. The molecule has 2 nitrogen and oxygen atoms in total. The molecule has 2 atom stereocenters. The Bertz CT molecular complexity index is 386. The van der Waals surface area contributed by atoms with Crippen molar-refractivity contribution < 1.29 is 9.59 Å². The van der Waals surface area contributed by atoms with Crippen LogP contribution in [0.3, 0.4) is 0 Å². The summed E-state index contributed by atoms with van der Waals surface area (Å²) in [6.45, 7) is 6.29. The van der Waals surface area contributed by atoms with E-state index in [9.17, 15) is 9.59 Å². The van der Waals surface area contributed by atoms with E-state index in [1.54, 1.807) is 6.08 Å². The lowest BCUT2D eigenvalue weighted by Crippen LogP contribution is -2.36. The van der Waals surface area contributed by atoms with Crippen LogP contribution in [-0.2, 0) is 9.59 Å². The average molecular weight is 290 g/mol. The molecule has 0 bridgehead atoms. The molecule has 20 heavy (non-hydrogen) atoms. The molecule has 0 aromatic heterocycles. The summed E-state index contributed by atoms with van der Waals surface area (Å²) >= 11 is -0.779. The highest BCUT2D eigenvalue weighted by atomic mass is 27.2. The topological polar surface area (TPSA) is 34.1 Å². The van der Waals surface area contributed by atoms with Gasteiger partial charge in [0.25, 0.3) is 14.1 Å². The van der Waals surface area contributed by atoms with Gasteiger partial charge >= 0.3 is 0 Å². The van der Waals surface area contributed by atoms with Crippen LogP contribution in [0.15, 0.2) is 23.8 Å². The van der Waals surface area contributed by atoms with Crippen molar-refractivity contribution in [1.82, 2.24) is 0 Å². The predicted molar refractivity (Wildman–Crippen MR) is 86.3 cm³/mol. The minimum atomic E-state index is -0.779. The number of rotatable bonds is 7. The second kappa shape index (κ2) is 8.60. The Kier molecular flexibility index (Phi) is 7.48. The summed E-state index contributed by atoms with van der Waals surface area (Å²) in [6, 6.07) is 0. The van der Waals surface area contributed by atoms with Crippen molar-refractivity contribution >= 4 is 26.7 Å². The lowest BCUT2D eigenvalue weighted by atomic mass is 9.72. The lowest BCUT2D eigenvalue weighted by Gasteiger charge is -2.42. The van der Waals surface area contributed by atoms with E-state index < -0.39 is 14.1 Å². The molecule has 0 aromatic carbocycles. The zero-order valence-electron chi connectivity index (χ0n) is 13.1. The maximum atomic E-state index is 11.1. The van der Waals surface area contributed by atoms with Crippen LogP contribution >= 0.6 is 0 Å². The Morgan fingerprint density at radius 2 is 2.15 bits per heavy atom. The quantitative estimate of drug-likeness (QED) is 0.305. The van der Waals surface area contributed by atoms with Crippen molar-refractivity contribution in [3.05, 3.63) is 23.8 Å². The molecule has 0 amide bonds. The first-order valence-electron chi connectivity index (χ1n) is 7.83. The molecule has 0 aliphatic carbocycles. The first-order chi connectivity index (χ1) is 9.61. The van der Waals surface area contributed by atoms with Crippen molar-refractivity contribution in [2.75, 3.05) is 0 Å². The Hall–Kier alpha value is -0.648. The zero-order chi connectivity index (χ0) is 15.0. The van der Waals surface area contributed by atoms with Gasteiger partial charge in [0.15, 0.2) is 0 Å². The van der Waals surface area contributed by atoms with Gasteiger partial charge in [0.2, 0.25) is 0 Å². The first kappa shape index (κ1) is 17.4. The number of carbonyl (C=O) groups excluding carboxylic acids is 2. The monoisotopic (exact) mass is 290 g/mol. The Labute approximate surface area is 127 Å². The van der Waals surface area contributed by atoms with E-state index in [0.29, 0.717) is 0 Å². The SMILES string of the molecule is C/C=C/[CH2][Al]1[CH2]C/C(=C/C=O)C(CC)(CC(C)C=O)[CH2]1. The standard InChI is InChI=1S/C13H20O2.C4H7.Al/c1-5-12(7-8-14)13(4,6-2)9-11(3)10-15;1-3-4-2;/h7-8,10-11H,1,4-6,9H2,2-3H3;3-4H,1H2,2H3;/b12-7-;4-3+;. The van der Waals surface area contributed by atoms with Crippen LogP contribution in [0.4, 0.5) is 0 Å². The summed E-state index contributed by atoms with van der Waals surface area (Å²) in [5.74, 6) is 0.0828. The van der Waals surface area contributed by atoms with Gasteiger partial charge in [0.1, 0.15) is 12.6 Å². The summed E-state index contributed by atoms with van der Waals surface area (Å²) in [7, 11) is 0. The summed E-state index contributed by atoms with van der Waals surface area (Å²) in [5, 5.41) is 3.79. The normalized spacial score (nSPS) is 26.9. The third-order valence-corrected chi connectivity index (χ3v) is 8.18. The van der Waals surface area contributed by atoms with Crippen molar-refractivity contribution in [3.63, 3.8) is 0 Å². The fraction of sp³-hybridized carbons (Fsp3) is 0.647. The molecule has 1 rings (SSSR count). The van der Waals surface area contributed by atoms with E-state index >= 15 is 0 Å². The average Bonchev–Trinajstić information content (AvgIpc) is 2.47. The molecule has 0 spiro atoms. The van der Waals surface area contributed by atoms with E-state index in [-0.39, 0.29) is 11.3 Å². The summed E-state index contributed by atoms with van der Waals surface area (Å²) in [5.41, 5.74) is 1.41. The van der Waals surface area contributed by atoms with E-state index in [1.165, 1.54) is 21.4 Å². The van der Waals surface area contributed by atoms with Gasteiger partial charge in [0, 0.05) is 5.92 Å². The number of carbonyl (C=O) groups is 2. The fourth-order valence-electron chi connectivity index (χ4n) is 3.68. The van der Waals surface area contributed by atoms with Crippen LogP contribution in [0, 0.1) is 11.3 Å². The van der Waals surface area contributed by atoms with Crippen LogP contribution < -0.4 is 0 Å². The van der Waals surface area contributed by atoms with Gasteiger partial charge < -0.3 is 4.79 Å². The smallest absolute Gasteiger partial charge is 0.267 e. The molecule has 0 radical (unpaired) electrons. The molecule has 0 aromatic rings. The number of allylic oxidation sites excluding steroid dienone is 4. The summed E-state index contributed by atoms with van der Waals surface area (Å²) in [4.78, 5) is 22.0. The fourth-order valence-corrected chi connectivity index (χ4v) is 7.48. The Morgan fingerprint density at radius 1 is 1.40 bits per heavy atom. The first-order valence-corrected chi connectivity index (χ1v) is 10.3. The Morgan fingerprint density at radius 3 is 2.70 bits per heavy atom. The highest BCUT2D eigenvalue weighted by Crippen LogP contribution is 2.49. The molecule has 1 aliphatic heterocycles. The van der Waals surface area contributed by atoms with Crippen LogP contribution in [0.5, 0.6) is 0 Å². The van der Waals surface area contributed by atoms with E-state index in [4.69, 9.17) is 0 Å². The van der Waals surface area contributed by atoms with Crippen LogP contribution in [0.1, 0.15) is 40.0 Å². The van der Waals surface area contributed by atoms with Crippen molar-refractivity contribution in [2.45, 2.75) is 55.9 Å². The van der Waals surface area contributed by atoms with Gasteiger partial charge in [-0.05, 0) is 37.7 Å². The second-order valence-electron chi connectivity index (χ2n) is 6.19. The van der Waals surface area contributed by atoms with Crippen molar-refractivity contribution in [2.24, 2.45) is 11.3 Å². The van der Waals surface area contributed by atoms with Gasteiger partial charge in [-0.2, -0.15) is 0 Å². The number of hydrogen-bond acceptors (Lipinski definition) is 2. The van der Waals surface area contributed by atoms with E-state index in [0.717, 1.165) is 31.8 Å². The van der Waals surface area contributed by atoms with Crippen molar-refractivity contribution in [3.8, 4) is 0 Å². The zero-order valence-corrected chi connectivity index (χ0v) is 14.3.